The van der Waals surface area contributed by atoms with Gasteiger partial charge in [-0.2, -0.15) is 5.26 Å². The smallest absolute Gasteiger partial charge is 0.410 e. The summed E-state index contributed by atoms with van der Waals surface area (Å²) in [5.74, 6) is -1.93. The fourth-order valence-corrected chi connectivity index (χ4v) is 2.24. The van der Waals surface area contributed by atoms with Crippen LogP contribution in [0.2, 0.25) is 0 Å². The molecule has 0 saturated carbocycles. The van der Waals surface area contributed by atoms with Gasteiger partial charge in [-0.3, -0.25) is 9.59 Å². The number of amides is 2. The monoisotopic (exact) mass is 366 g/mol. The van der Waals surface area contributed by atoms with Gasteiger partial charge in [0, 0.05) is 25.3 Å². The first-order valence-corrected chi connectivity index (χ1v) is 8.41. The van der Waals surface area contributed by atoms with Crippen LogP contribution in [0.4, 0.5) is 4.79 Å². The third-order valence-corrected chi connectivity index (χ3v) is 3.69. The summed E-state index contributed by atoms with van der Waals surface area (Å²) in [4.78, 5) is 36.2. The zero-order chi connectivity index (χ0) is 19.9. The van der Waals surface area contributed by atoms with Crippen LogP contribution in [0.5, 0.6) is 0 Å². The van der Waals surface area contributed by atoms with Crippen molar-refractivity contribution < 1.29 is 24.2 Å². The number of carboxylic acids is 1. The van der Waals surface area contributed by atoms with Gasteiger partial charge in [-0.15, -0.1) is 0 Å². The lowest BCUT2D eigenvalue weighted by atomic mass is 10.1. The molecule has 144 valence electrons. The Morgan fingerprint density at radius 3 is 2.35 bits per heavy atom. The minimum Gasteiger partial charge on any atom is -0.480 e. The van der Waals surface area contributed by atoms with Gasteiger partial charge in [0.05, 0.1) is 0 Å². The molecule has 26 heavy (non-hydrogen) atoms. The van der Waals surface area contributed by atoms with E-state index in [-0.39, 0.29) is 17.7 Å². The van der Waals surface area contributed by atoms with Crippen LogP contribution < -0.4 is 10.6 Å². The fraction of sp³-hybridized carbons (Fsp3) is 0.647. The average molecular weight is 366 g/mol. The predicted octanol–water partition coefficient (Wildman–Crippen LogP) is 0.972. The Hall–Kier alpha value is -2.76. The van der Waals surface area contributed by atoms with Crippen molar-refractivity contribution in [3.05, 3.63) is 11.8 Å². The predicted molar refractivity (Wildman–Crippen MR) is 92.9 cm³/mol. The number of piperidine rings is 1. The Morgan fingerprint density at radius 2 is 1.88 bits per heavy atom. The van der Waals surface area contributed by atoms with Gasteiger partial charge in [0.25, 0.3) is 5.91 Å². The summed E-state index contributed by atoms with van der Waals surface area (Å²) in [5.41, 5.74) is -0.746. The van der Waals surface area contributed by atoms with Gasteiger partial charge in [0.2, 0.25) is 0 Å². The second-order valence-electron chi connectivity index (χ2n) is 7.11. The van der Waals surface area contributed by atoms with Crippen molar-refractivity contribution in [1.82, 2.24) is 15.5 Å². The third-order valence-electron chi connectivity index (χ3n) is 3.69. The van der Waals surface area contributed by atoms with Crippen LogP contribution in [0.15, 0.2) is 11.8 Å². The summed E-state index contributed by atoms with van der Waals surface area (Å²) >= 11 is 0. The molecule has 0 aliphatic carbocycles. The van der Waals surface area contributed by atoms with E-state index in [0.29, 0.717) is 25.9 Å². The maximum atomic E-state index is 12.0. The molecule has 0 aromatic carbocycles. The standard InChI is InChI=1S/C17H26N4O5/c1-11(15(23)24)20-14(22)12(9-18)10-19-13-5-7-21(8-6-13)16(25)26-17(2,3)4/h10-11,13,19H,5-8H2,1-4H3,(H,20,22)(H,23,24)/b12-10-. The Kier molecular flexibility index (Phi) is 7.43. The van der Waals surface area contributed by atoms with Crippen LogP contribution >= 0.6 is 0 Å². The molecular formula is C17H26N4O5. The van der Waals surface area contributed by atoms with Gasteiger partial charge in [-0.1, -0.05) is 0 Å². The van der Waals surface area contributed by atoms with Crippen LogP contribution in [0.1, 0.15) is 40.5 Å². The number of carboxylic acid groups (broad SMARTS) is 1. The molecule has 1 unspecified atom stereocenters. The van der Waals surface area contributed by atoms with Crippen molar-refractivity contribution in [3.8, 4) is 6.07 Å². The molecule has 3 N–H and O–H groups in total. The summed E-state index contributed by atoms with van der Waals surface area (Å²) in [7, 11) is 0. The molecule has 1 heterocycles. The summed E-state index contributed by atoms with van der Waals surface area (Å²) < 4.78 is 5.33. The van der Waals surface area contributed by atoms with Gasteiger partial charge >= 0.3 is 12.1 Å². The van der Waals surface area contributed by atoms with E-state index in [4.69, 9.17) is 15.1 Å². The van der Waals surface area contributed by atoms with E-state index < -0.39 is 23.5 Å². The highest BCUT2D eigenvalue weighted by Gasteiger charge is 2.26. The number of carbonyl (C=O) groups excluding carboxylic acids is 2. The molecule has 2 amide bonds. The molecular weight excluding hydrogens is 340 g/mol. The quantitative estimate of drug-likeness (QED) is 0.488. The first-order valence-electron chi connectivity index (χ1n) is 8.41. The topological polar surface area (TPSA) is 132 Å². The summed E-state index contributed by atoms with van der Waals surface area (Å²) in [6.07, 6.45) is 2.22. The third kappa shape index (κ3) is 7.01. The van der Waals surface area contributed by atoms with E-state index in [2.05, 4.69) is 10.6 Å². The molecule has 9 heteroatoms. The molecule has 1 aliphatic rings. The molecule has 1 rings (SSSR count). The number of carbonyl (C=O) groups is 3. The van der Waals surface area contributed by atoms with E-state index in [9.17, 15) is 14.4 Å². The average Bonchev–Trinajstić information content (AvgIpc) is 2.54. The minimum absolute atomic E-state index is 0.00161. The molecule has 0 aromatic heterocycles. The number of rotatable bonds is 5. The van der Waals surface area contributed by atoms with E-state index in [1.54, 1.807) is 11.0 Å². The van der Waals surface area contributed by atoms with Crippen LogP contribution in [0.25, 0.3) is 0 Å². The number of nitrogens with zero attached hydrogens (tertiary/aromatic N) is 2. The van der Waals surface area contributed by atoms with Gasteiger partial charge < -0.3 is 25.4 Å². The lowest BCUT2D eigenvalue weighted by Gasteiger charge is -2.33. The van der Waals surface area contributed by atoms with E-state index >= 15 is 0 Å². The molecule has 9 nitrogen and oxygen atoms in total. The number of hydrogen-bond acceptors (Lipinski definition) is 6. The van der Waals surface area contributed by atoms with Crippen molar-refractivity contribution in [1.29, 1.82) is 5.26 Å². The molecule has 1 aliphatic heterocycles. The lowest BCUT2D eigenvalue weighted by molar-refractivity contribution is -0.140. The van der Waals surface area contributed by atoms with Crippen molar-refractivity contribution in [2.75, 3.05) is 13.1 Å². The summed E-state index contributed by atoms with van der Waals surface area (Å²) in [5, 5.41) is 23.1. The molecule has 1 atom stereocenters. The number of ether oxygens (including phenoxy) is 1. The molecule has 0 bridgehead atoms. The number of likely N-dealkylation sites (tertiary alicyclic amines) is 1. The SMILES string of the molecule is CC(NC(=O)/C(C#N)=C\NC1CCN(C(=O)OC(C)(C)C)CC1)C(=O)O. The van der Waals surface area contributed by atoms with Crippen molar-refractivity contribution in [2.45, 2.75) is 58.2 Å². The first kappa shape index (κ1) is 21.3. The van der Waals surface area contributed by atoms with Crippen LogP contribution in [0, 0.1) is 11.3 Å². The first-order chi connectivity index (χ1) is 12.0. The Morgan fingerprint density at radius 1 is 1.31 bits per heavy atom. The highest BCUT2D eigenvalue weighted by atomic mass is 16.6. The van der Waals surface area contributed by atoms with Crippen LogP contribution in [-0.4, -0.2) is 58.8 Å². The van der Waals surface area contributed by atoms with E-state index in [1.807, 2.05) is 20.8 Å². The van der Waals surface area contributed by atoms with Gasteiger partial charge in [-0.25, -0.2) is 4.79 Å². The molecule has 0 aromatic rings. The molecule has 1 fully saturated rings. The molecule has 1 saturated heterocycles. The number of nitriles is 1. The van der Waals surface area contributed by atoms with Crippen molar-refractivity contribution in [3.63, 3.8) is 0 Å². The lowest BCUT2D eigenvalue weighted by Crippen LogP contribution is -2.45. The number of nitrogens with one attached hydrogen (secondary N) is 2. The Bertz CT molecular complexity index is 610. The van der Waals surface area contributed by atoms with Gasteiger partial charge in [0.15, 0.2) is 0 Å². The van der Waals surface area contributed by atoms with E-state index in [1.165, 1.54) is 13.1 Å². The Labute approximate surface area is 153 Å². The second kappa shape index (κ2) is 9.08. The van der Waals surface area contributed by atoms with Crippen LogP contribution in [0.3, 0.4) is 0 Å². The second-order valence-corrected chi connectivity index (χ2v) is 7.11. The zero-order valence-electron chi connectivity index (χ0n) is 15.5. The maximum Gasteiger partial charge on any atom is 0.410 e. The minimum atomic E-state index is -1.18. The normalized spacial score (nSPS) is 17.0. The number of aliphatic carboxylic acids is 1. The van der Waals surface area contributed by atoms with Crippen molar-refractivity contribution in [2.24, 2.45) is 0 Å². The van der Waals surface area contributed by atoms with Gasteiger partial charge in [-0.05, 0) is 40.5 Å². The maximum absolute atomic E-state index is 12.0. The number of hydrogen-bond donors (Lipinski definition) is 3. The Balaban J connectivity index is 2.52. The molecule has 0 radical (unpaired) electrons. The van der Waals surface area contributed by atoms with Crippen molar-refractivity contribution >= 4 is 18.0 Å². The van der Waals surface area contributed by atoms with E-state index in [0.717, 1.165) is 0 Å². The highest BCUT2D eigenvalue weighted by molar-refractivity contribution is 5.99. The zero-order valence-corrected chi connectivity index (χ0v) is 15.5. The highest BCUT2D eigenvalue weighted by Crippen LogP contribution is 2.15. The summed E-state index contributed by atoms with van der Waals surface area (Å²) in [6.45, 7) is 7.75. The largest absolute Gasteiger partial charge is 0.480 e. The fourth-order valence-electron chi connectivity index (χ4n) is 2.24. The van der Waals surface area contributed by atoms with Gasteiger partial charge in [0.1, 0.15) is 23.3 Å². The summed E-state index contributed by atoms with van der Waals surface area (Å²) in [6, 6.07) is 0.662. The van der Waals surface area contributed by atoms with Crippen LogP contribution in [-0.2, 0) is 14.3 Å². The molecule has 0 spiro atoms.